The minimum absolute atomic E-state index is 0.101. The highest BCUT2D eigenvalue weighted by Gasteiger charge is 2.41. The summed E-state index contributed by atoms with van der Waals surface area (Å²) in [5.74, 6) is -5.21. The zero-order valence-electron chi connectivity index (χ0n) is 22.3. The molecule has 0 aromatic heterocycles. The lowest BCUT2D eigenvalue weighted by Gasteiger charge is -2.26. The van der Waals surface area contributed by atoms with E-state index in [1.165, 1.54) is 24.3 Å². The fourth-order valence-electron chi connectivity index (χ4n) is 4.59. The Morgan fingerprint density at radius 3 is 1.82 bits per heavy atom. The molecule has 6 heteroatoms. The standard InChI is InChI=1S/C34H30FNO4/c1-22(2)32(38)31(34(40)36-28-11-7-4-8-12-28)30(33(39)26-17-19-27(35)20-18-26)25-15-13-24(14-16-25)29(37)21-23-9-5-3-6-10-23/h3-20,22,30-31H,21H2,1-2H3,(H,36,40). The zero-order valence-corrected chi connectivity index (χ0v) is 22.3. The highest BCUT2D eigenvalue weighted by atomic mass is 19.1. The van der Waals surface area contributed by atoms with Crippen molar-refractivity contribution in [2.75, 3.05) is 5.32 Å². The fourth-order valence-corrected chi connectivity index (χ4v) is 4.59. The highest BCUT2D eigenvalue weighted by Crippen LogP contribution is 2.33. The van der Waals surface area contributed by atoms with Crippen molar-refractivity contribution in [3.63, 3.8) is 0 Å². The lowest BCUT2D eigenvalue weighted by atomic mass is 9.75. The quantitative estimate of drug-likeness (QED) is 0.171. The largest absolute Gasteiger partial charge is 0.325 e. The Balaban J connectivity index is 1.73. The maximum absolute atomic E-state index is 13.9. The molecule has 2 atom stereocenters. The van der Waals surface area contributed by atoms with Crippen LogP contribution in [0.3, 0.4) is 0 Å². The molecule has 4 aromatic carbocycles. The summed E-state index contributed by atoms with van der Waals surface area (Å²) in [5, 5.41) is 2.77. The molecule has 1 N–H and O–H groups in total. The first-order valence-electron chi connectivity index (χ1n) is 13.1. The van der Waals surface area contributed by atoms with Gasteiger partial charge in [0.1, 0.15) is 17.5 Å². The van der Waals surface area contributed by atoms with Gasteiger partial charge in [0.25, 0.3) is 0 Å². The van der Waals surface area contributed by atoms with Gasteiger partial charge in [-0.3, -0.25) is 19.2 Å². The predicted molar refractivity (Wildman–Crippen MR) is 153 cm³/mol. The number of para-hydroxylation sites is 1. The van der Waals surface area contributed by atoms with Crippen LogP contribution in [0.1, 0.15) is 51.6 Å². The Kier molecular flexibility index (Phi) is 9.12. The smallest absolute Gasteiger partial charge is 0.236 e. The topological polar surface area (TPSA) is 80.3 Å². The maximum atomic E-state index is 13.9. The van der Waals surface area contributed by atoms with Crippen LogP contribution in [0.25, 0.3) is 0 Å². The second-order valence-electron chi connectivity index (χ2n) is 9.95. The third-order valence-corrected chi connectivity index (χ3v) is 6.74. The molecule has 0 saturated heterocycles. The van der Waals surface area contributed by atoms with Crippen molar-refractivity contribution < 1.29 is 23.6 Å². The van der Waals surface area contributed by atoms with E-state index in [9.17, 15) is 23.6 Å². The Morgan fingerprint density at radius 2 is 1.25 bits per heavy atom. The summed E-state index contributed by atoms with van der Waals surface area (Å²) in [4.78, 5) is 54.0. The number of anilines is 1. The fraction of sp³-hybridized carbons (Fsp3) is 0.176. The molecule has 1 amide bonds. The van der Waals surface area contributed by atoms with E-state index in [-0.39, 0.29) is 17.8 Å². The Morgan fingerprint density at radius 1 is 0.700 bits per heavy atom. The van der Waals surface area contributed by atoms with Crippen LogP contribution >= 0.6 is 0 Å². The van der Waals surface area contributed by atoms with Crippen LogP contribution in [-0.2, 0) is 16.0 Å². The molecule has 0 bridgehead atoms. The molecule has 2 unspecified atom stereocenters. The number of rotatable bonds is 11. The normalized spacial score (nSPS) is 12.4. The van der Waals surface area contributed by atoms with Crippen molar-refractivity contribution >= 4 is 28.9 Å². The summed E-state index contributed by atoms with van der Waals surface area (Å²) in [6, 6.07) is 29.5. The van der Waals surface area contributed by atoms with E-state index >= 15 is 0 Å². The number of halogens is 1. The number of ketones is 3. The minimum atomic E-state index is -1.36. The molecule has 0 radical (unpaired) electrons. The van der Waals surface area contributed by atoms with Crippen molar-refractivity contribution in [3.05, 3.63) is 137 Å². The van der Waals surface area contributed by atoms with Crippen LogP contribution in [0.15, 0.2) is 109 Å². The molecule has 4 rings (SSSR count). The van der Waals surface area contributed by atoms with Gasteiger partial charge in [-0.15, -0.1) is 0 Å². The average molecular weight is 536 g/mol. The molecule has 0 aliphatic rings. The molecule has 0 fully saturated rings. The first kappa shape index (κ1) is 28.3. The third kappa shape index (κ3) is 6.83. The molecule has 0 spiro atoms. The van der Waals surface area contributed by atoms with Gasteiger partial charge in [0.05, 0.1) is 5.92 Å². The van der Waals surface area contributed by atoms with E-state index in [1.54, 1.807) is 68.4 Å². The molecular formula is C34H30FNO4. The van der Waals surface area contributed by atoms with Crippen LogP contribution in [0.2, 0.25) is 0 Å². The number of nitrogens with one attached hydrogen (secondary N) is 1. The monoisotopic (exact) mass is 535 g/mol. The van der Waals surface area contributed by atoms with Crippen molar-refractivity contribution in [2.24, 2.45) is 11.8 Å². The summed E-state index contributed by atoms with van der Waals surface area (Å²) in [5.41, 5.74) is 2.39. The molecule has 0 aliphatic carbocycles. The summed E-state index contributed by atoms with van der Waals surface area (Å²) in [7, 11) is 0. The van der Waals surface area contributed by atoms with Crippen LogP contribution in [0.5, 0.6) is 0 Å². The number of carbonyl (C=O) groups is 4. The van der Waals surface area contributed by atoms with Gasteiger partial charge < -0.3 is 5.32 Å². The van der Waals surface area contributed by atoms with Crippen LogP contribution < -0.4 is 5.32 Å². The molecule has 0 saturated carbocycles. The second kappa shape index (κ2) is 12.9. The number of hydrogen-bond donors (Lipinski definition) is 1. The van der Waals surface area contributed by atoms with Crippen molar-refractivity contribution in [1.29, 1.82) is 0 Å². The first-order chi connectivity index (χ1) is 19.2. The Labute approximate surface area is 233 Å². The van der Waals surface area contributed by atoms with Crippen molar-refractivity contribution in [1.82, 2.24) is 0 Å². The first-order valence-corrected chi connectivity index (χ1v) is 13.1. The molecule has 0 heterocycles. The Hall–Kier alpha value is -4.71. The van der Waals surface area contributed by atoms with Crippen LogP contribution in [0, 0.1) is 17.7 Å². The van der Waals surface area contributed by atoms with Gasteiger partial charge >= 0.3 is 0 Å². The van der Waals surface area contributed by atoms with Gasteiger partial charge in [0.15, 0.2) is 11.6 Å². The van der Waals surface area contributed by atoms with E-state index in [1.807, 2.05) is 30.3 Å². The van der Waals surface area contributed by atoms with Gasteiger partial charge in [0.2, 0.25) is 5.91 Å². The highest BCUT2D eigenvalue weighted by molar-refractivity contribution is 6.14. The minimum Gasteiger partial charge on any atom is -0.325 e. The van der Waals surface area contributed by atoms with E-state index in [0.717, 1.165) is 5.56 Å². The van der Waals surface area contributed by atoms with Gasteiger partial charge in [0, 0.05) is 29.2 Å². The molecular weight excluding hydrogens is 505 g/mol. The third-order valence-electron chi connectivity index (χ3n) is 6.74. The predicted octanol–water partition coefficient (Wildman–Crippen LogP) is 6.70. The summed E-state index contributed by atoms with van der Waals surface area (Å²) in [6.07, 6.45) is 0.214. The van der Waals surface area contributed by atoms with Gasteiger partial charge in [-0.05, 0) is 47.5 Å². The average Bonchev–Trinajstić information content (AvgIpc) is 2.96. The number of amides is 1. The summed E-state index contributed by atoms with van der Waals surface area (Å²) >= 11 is 0. The maximum Gasteiger partial charge on any atom is 0.236 e. The van der Waals surface area contributed by atoms with Crippen molar-refractivity contribution in [3.8, 4) is 0 Å². The molecule has 4 aromatic rings. The van der Waals surface area contributed by atoms with E-state index in [4.69, 9.17) is 0 Å². The van der Waals surface area contributed by atoms with Gasteiger partial charge in [-0.1, -0.05) is 86.6 Å². The molecule has 202 valence electrons. The van der Waals surface area contributed by atoms with E-state index in [2.05, 4.69) is 5.32 Å². The number of benzene rings is 4. The summed E-state index contributed by atoms with van der Waals surface area (Å²) < 4.78 is 13.7. The van der Waals surface area contributed by atoms with E-state index in [0.29, 0.717) is 16.8 Å². The summed E-state index contributed by atoms with van der Waals surface area (Å²) in [6.45, 7) is 3.35. The van der Waals surface area contributed by atoms with Crippen molar-refractivity contribution in [2.45, 2.75) is 26.2 Å². The number of hydrogen-bond acceptors (Lipinski definition) is 4. The Bertz CT molecular complexity index is 1480. The van der Waals surface area contributed by atoms with Gasteiger partial charge in [-0.2, -0.15) is 0 Å². The second-order valence-corrected chi connectivity index (χ2v) is 9.95. The SMILES string of the molecule is CC(C)C(=O)C(C(=O)Nc1ccccc1)C(C(=O)c1ccc(F)cc1)c1ccc(C(=O)Cc2ccccc2)cc1. The lowest BCUT2D eigenvalue weighted by molar-refractivity contribution is -0.133. The molecule has 40 heavy (non-hydrogen) atoms. The van der Waals surface area contributed by atoms with E-state index < -0.39 is 41.0 Å². The lowest BCUT2D eigenvalue weighted by Crippen LogP contribution is -2.40. The number of Topliss-reactive ketones (excluding diaryl/α,β-unsaturated/α-hetero) is 3. The number of carbonyl (C=O) groups excluding carboxylic acids is 4. The zero-order chi connectivity index (χ0) is 28.6. The molecule has 5 nitrogen and oxygen atoms in total. The molecule has 0 aliphatic heterocycles. The van der Waals surface area contributed by atoms with Gasteiger partial charge in [-0.25, -0.2) is 4.39 Å². The van der Waals surface area contributed by atoms with Crippen LogP contribution in [-0.4, -0.2) is 23.3 Å². The van der Waals surface area contributed by atoms with Crippen LogP contribution in [0.4, 0.5) is 10.1 Å².